The first-order valence-electron chi connectivity index (χ1n) is 9.86. The van der Waals surface area contributed by atoms with Gasteiger partial charge in [0.25, 0.3) is 0 Å². The van der Waals surface area contributed by atoms with Gasteiger partial charge in [-0.05, 0) is 47.4 Å². The van der Waals surface area contributed by atoms with Crippen LogP contribution in [0, 0.1) is 0 Å². The number of carbonyl (C=O) groups is 1. The number of unbranched alkanes of at least 4 members (excludes halogenated alkanes) is 3. The molecule has 27 heavy (non-hydrogen) atoms. The van der Waals surface area contributed by atoms with Gasteiger partial charge in [0, 0.05) is 4.90 Å². The van der Waals surface area contributed by atoms with Crippen LogP contribution in [0.4, 0.5) is 0 Å². The summed E-state index contributed by atoms with van der Waals surface area (Å²) in [6.45, 7) is 17.2. The van der Waals surface area contributed by atoms with E-state index in [4.69, 9.17) is 0 Å². The molecule has 0 aliphatic heterocycles. The van der Waals surface area contributed by atoms with E-state index >= 15 is 0 Å². The van der Waals surface area contributed by atoms with Crippen LogP contribution in [-0.2, 0) is 15.6 Å². The third-order valence-electron chi connectivity index (χ3n) is 4.92. The molecule has 0 saturated heterocycles. The number of benzene rings is 1. The average Bonchev–Trinajstić information content (AvgIpc) is 2.49. The van der Waals surface area contributed by atoms with Crippen molar-refractivity contribution in [2.75, 3.05) is 0 Å². The van der Waals surface area contributed by atoms with Gasteiger partial charge in [0.05, 0.1) is 10.7 Å². The summed E-state index contributed by atoms with van der Waals surface area (Å²) in [4.78, 5) is 13.0. The minimum absolute atomic E-state index is 0. The van der Waals surface area contributed by atoms with Gasteiger partial charge in [0.15, 0.2) is 0 Å². The molecule has 0 heterocycles. The van der Waals surface area contributed by atoms with Crippen LogP contribution in [0.1, 0.15) is 98.6 Å². The van der Waals surface area contributed by atoms with Crippen molar-refractivity contribution in [1.82, 2.24) is 0 Å². The van der Waals surface area contributed by atoms with Gasteiger partial charge in [0.1, 0.15) is 0 Å². The average molecular weight is 417 g/mol. The summed E-state index contributed by atoms with van der Waals surface area (Å²) in [5, 5.41) is 11.9. The Morgan fingerprint density at radius 2 is 1.37 bits per heavy atom. The third kappa shape index (κ3) is 8.92. The zero-order valence-corrected chi connectivity index (χ0v) is 22.9. The molecule has 0 spiro atoms. The summed E-state index contributed by atoms with van der Waals surface area (Å²) in [5.41, 5.74) is 2.55. The van der Waals surface area contributed by atoms with Crippen LogP contribution in [0.25, 0.3) is 0 Å². The summed E-state index contributed by atoms with van der Waals surface area (Å²) in [6, 6.07) is 6.59. The molecule has 2 nitrogen and oxygen atoms in total. The van der Waals surface area contributed by atoms with Crippen molar-refractivity contribution in [2.45, 2.75) is 108 Å². The Balaban J connectivity index is 0.00000676. The molecule has 1 atom stereocenters. The van der Waals surface area contributed by atoms with Gasteiger partial charge in [-0.15, -0.1) is 11.8 Å². The predicted molar refractivity (Wildman–Crippen MR) is 112 cm³/mol. The van der Waals surface area contributed by atoms with Crippen LogP contribution < -0.4 is 56.5 Å². The smallest absolute Gasteiger partial charge is 0.549 e. The minimum Gasteiger partial charge on any atom is -0.549 e. The van der Waals surface area contributed by atoms with Crippen LogP contribution in [0.15, 0.2) is 23.1 Å². The van der Waals surface area contributed by atoms with E-state index in [2.05, 4.69) is 66.7 Å². The fourth-order valence-corrected chi connectivity index (χ4v) is 4.09. The molecular formula is C23H37KO2S. The van der Waals surface area contributed by atoms with Crippen molar-refractivity contribution in [3.63, 3.8) is 0 Å². The van der Waals surface area contributed by atoms with Crippen molar-refractivity contribution >= 4 is 17.7 Å². The molecule has 0 N–H and O–H groups in total. The Morgan fingerprint density at radius 3 is 1.74 bits per heavy atom. The van der Waals surface area contributed by atoms with Crippen molar-refractivity contribution in [2.24, 2.45) is 0 Å². The molecule has 0 aliphatic carbocycles. The van der Waals surface area contributed by atoms with Gasteiger partial charge < -0.3 is 9.90 Å². The van der Waals surface area contributed by atoms with E-state index in [0.29, 0.717) is 6.42 Å². The molecule has 1 rings (SSSR count). The largest absolute Gasteiger partial charge is 1.00 e. The summed E-state index contributed by atoms with van der Waals surface area (Å²) in [7, 11) is 0. The zero-order chi connectivity index (χ0) is 20.2. The molecule has 0 aliphatic rings. The number of carbonyl (C=O) groups excluding carboxylic acids is 1. The van der Waals surface area contributed by atoms with Crippen LogP contribution >= 0.6 is 11.8 Å². The summed E-state index contributed by atoms with van der Waals surface area (Å²) in [5.74, 6) is -0.961. The fourth-order valence-electron chi connectivity index (χ4n) is 2.87. The second kappa shape index (κ2) is 11.2. The molecule has 0 fully saturated rings. The Morgan fingerprint density at radius 1 is 0.889 bits per heavy atom. The molecular weight excluding hydrogens is 379 g/mol. The summed E-state index contributed by atoms with van der Waals surface area (Å²) in [6.07, 6.45) is 4.95. The Kier molecular flexibility index (Phi) is 11.5. The van der Waals surface area contributed by atoms with E-state index in [9.17, 15) is 9.90 Å². The monoisotopic (exact) mass is 416 g/mol. The maximum atomic E-state index is 11.9. The van der Waals surface area contributed by atoms with E-state index in [1.54, 1.807) is 0 Å². The third-order valence-corrected chi connectivity index (χ3v) is 6.21. The van der Waals surface area contributed by atoms with Gasteiger partial charge in [0.2, 0.25) is 0 Å². The SMILES string of the molecule is CCCCCCC(C)(Sc1cc(C(C)(C)C)cc(C(C)(C)C)c1)C(=O)[O-].[K+]. The molecule has 1 aromatic rings. The maximum absolute atomic E-state index is 11.9. The number of hydrogen-bond acceptors (Lipinski definition) is 3. The first kappa shape index (κ1) is 27.7. The van der Waals surface area contributed by atoms with Gasteiger partial charge >= 0.3 is 51.4 Å². The number of carboxylic acid groups (broad SMARTS) is 1. The Labute approximate surface area is 214 Å². The molecule has 0 amide bonds. The second-order valence-electron chi connectivity index (χ2n) is 9.68. The van der Waals surface area contributed by atoms with Crippen LogP contribution in [0.2, 0.25) is 0 Å². The fraction of sp³-hybridized carbons (Fsp3) is 0.696. The van der Waals surface area contributed by atoms with Crippen LogP contribution in [-0.4, -0.2) is 10.7 Å². The van der Waals surface area contributed by atoms with Gasteiger partial charge in [-0.2, -0.15) is 0 Å². The van der Waals surface area contributed by atoms with E-state index < -0.39 is 10.7 Å². The maximum Gasteiger partial charge on any atom is 1.00 e. The van der Waals surface area contributed by atoms with Gasteiger partial charge in [-0.1, -0.05) is 80.2 Å². The molecule has 0 aromatic heterocycles. The minimum atomic E-state index is -0.961. The van der Waals surface area contributed by atoms with Crippen molar-refractivity contribution in [1.29, 1.82) is 0 Å². The quantitative estimate of drug-likeness (QED) is 0.372. The summed E-state index contributed by atoms with van der Waals surface area (Å²) >= 11 is 1.46. The topological polar surface area (TPSA) is 40.1 Å². The number of hydrogen-bond donors (Lipinski definition) is 0. The van der Waals surface area contributed by atoms with Crippen LogP contribution in [0.3, 0.4) is 0 Å². The molecule has 1 aromatic carbocycles. The number of carboxylic acids is 1. The molecule has 0 bridgehead atoms. The first-order chi connectivity index (χ1) is 11.8. The Bertz CT molecular complexity index is 582. The van der Waals surface area contributed by atoms with Crippen molar-refractivity contribution in [3.8, 4) is 0 Å². The van der Waals surface area contributed by atoms with E-state index in [-0.39, 0.29) is 62.2 Å². The molecule has 1 unspecified atom stereocenters. The molecule has 0 radical (unpaired) electrons. The van der Waals surface area contributed by atoms with Crippen LogP contribution in [0.5, 0.6) is 0 Å². The van der Waals surface area contributed by atoms with E-state index in [1.165, 1.54) is 22.9 Å². The standard InChI is InChI=1S/C23H38O2S.K/c1-9-10-11-12-13-23(8,20(24)25)26-19-15-17(21(2,3)4)14-18(16-19)22(5,6)7;/h14-16H,9-13H2,1-8H3,(H,24,25);/q;+1/p-1. The molecule has 0 saturated carbocycles. The second-order valence-corrected chi connectivity index (χ2v) is 11.3. The van der Waals surface area contributed by atoms with Crippen molar-refractivity contribution < 1.29 is 61.3 Å². The van der Waals surface area contributed by atoms with E-state index in [0.717, 1.165) is 30.6 Å². The van der Waals surface area contributed by atoms with Crippen molar-refractivity contribution in [3.05, 3.63) is 29.3 Å². The predicted octanol–water partition coefficient (Wildman–Crippen LogP) is 2.86. The number of aliphatic carboxylic acids is 1. The normalized spacial score (nSPS) is 14.4. The first-order valence-corrected chi connectivity index (χ1v) is 10.7. The van der Waals surface area contributed by atoms with E-state index in [1.807, 2.05) is 6.92 Å². The Hall–Kier alpha value is 0.676. The molecule has 4 heteroatoms. The van der Waals surface area contributed by atoms with Gasteiger partial charge in [-0.3, -0.25) is 0 Å². The summed E-state index contributed by atoms with van der Waals surface area (Å²) < 4.78 is -0.889. The van der Waals surface area contributed by atoms with Gasteiger partial charge in [-0.25, -0.2) is 0 Å². The number of thioether (sulfide) groups is 1. The zero-order valence-electron chi connectivity index (χ0n) is 19.0. The molecule has 148 valence electrons. The number of rotatable bonds is 8.